The van der Waals surface area contributed by atoms with Gasteiger partial charge in [0.15, 0.2) is 0 Å². The minimum atomic E-state index is 0.764. The predicted molar refractivity (Wildman–Crippen MR) is 86.5 cm³/mol. The van der Waals surface area contributed by atoms with E-state index in [0.717, 1.165) is 16.8 Å². The molecule has 0 aliphatic carbocycles. The van der Waals surface area contributed by atoms with E-state index in [1.54, 1.807) is 0 Å². The number of benzene rings is 2. The molecule has 1 aromatic heterocycles. The van der Waals surface area contributed by atoms with Crippen LogP contribution in [0, 0.1) is 0 Å². The van der Waals surface area contributed by atoms with Gasteiger partial charge in [-0.15, -0.1) is 0 Å². The van der Waals surface area contributed by atoms with Crippen molar-refractivity contribution in [2.24, 2.45) is 0 Å². The van der Waals surface area contributed by atoms with Crippen molar-refractivity contribution in [3.05, 3.63) is 53.0 Å². The average Bonchev–Trinajstić information content (AvgIpc) is 2.78. The van der Waals surface area contributed by atoms with Gasteiger partial charge in [-0.25, -0.2) is 0 Å². The molecule has 1 aliphatic rings. The van der Waals surface area contributed by atoms with Crippen LogP contribution in [0.3, 0.4) is 0 Å². The molecule has 0 fully saturated rings. The number of hydrogen-bond donors (Lipinski definition) is 1. The van der Waals surface area contributed by atoms with Crippen molar-refractivity contribution in [3.8, 4) is 11.3 Å². The first-order valence-electron chi connectivity index (χ1n) is 6.08. The summed E-state index contributed by atoms with van der Waals surface area (Å²) in [4.78, 5) is 0. The molecule has 2 nitrogen and oxygen atoms in total. The van der Waals surface area contributed by atoms with Crippen LogP contribution in [0.15, 0.2) is 53.0 Å². The van der Waals surface area contributed by atoms with Gasteiger partial charge in [0.1, 0.15) is 6.67 Å². The maximum absolute atomic E-state index is 4.60. The Balaban J connectivity index is 2.09. The van der Waals surface area contributed by atoms with E-state index in [0.29, 0.717) is 0 Å². The standard InChI is InChI=1S/C15H11BrN2S/c16-11-5-6-14-12(8-11)15-7-10-3-1-2-4-13(10)17(15)9-18(14)19/h1-8,19H,9H2. The van der Waals surface area contributed by atoms with E-state index in [2.05, 4.69) is 81.8 Å². The molecule has 0 saturated carbocycles. The summed E-state index contributed by atoms with van der Waals surface area (Å²) in [6, 6.07) is 17.0. The molecule has 19 heavy (non-hydrogen) atoms. The molecular formula is C15H11BrN2S. The highest BCUT2D eigenvalue weighted by molar-refractivity contribution is 9.10. The Hall–Kier alpha value is -1.39. The monoisotopic (exact) mass is 330 g/mol. The average molecular weight is 331 g/mol. The van der Waals surface area contributed by atoms with Gasteiger partial charge in [0.05, 0.1) is 16.9 Å². The van der Waals surface area contributed by atoms with Gasteiger partial charge in [-0.05, 0) is 30.3 Å². The second-order valence-corrected chi connectivity index (χ2v) is 6.12. The molecule has 4 rings (SSSR count). The van der Waals surface area contributed by atoms with Crippen LogP contribution in [0.25, 0.3) is 22.2 Å². The third-order valence-electron chi connectivity index (χ3n) is 3.60. The molecule has 2 heterocycles. The molecule has 2 aromatic carbocycles. The van der Waals surface area contributed by atoms with E-state index >= 15 is 0 Å². The van der Waals surface area contributed by atoms with Gasteiger partial charge < -0.3 is 4.57 Å². The molecule has 3 aromatic rings. The Morgan fingerprint density at radius 2 is 1.89 bits per heavy atom. The molecule has 1 aliphatic heterocycles. The maximum Gasteiger partial charge on any atom is 0.106 e. The first-order valence-corrected chi connectivity index (χ1v) is 7.28. The highest BCUT2D eigenvalue weighted by Crippen LogP contribution is 2.41. The zero-order valence-corrected chi connectivity index (χ0v) is 12.5. The number of aromatic nitrogens is 1. The fourth-order valence-electron chi connectivity index (χ4n) is 2.73. The first kappa shape index (κ1) is 11.4. The van der Waals surface area contributed by atoms with Crippen molar-refractivity contribution in [3.63, 3.8) is 0 Å². The molecule has 0 bridgehead atoms. The highest BCUT2D eigenvalue weighted by Gasteiger charge is 2.22. The van der Waals surface area contributed by atoms with Gasteiger partial charge in [-0.3, -0.25) is 4.31 Å². The number of nitrogens with zero attached hydrogens (tertiary/aromatic N) is 2. The lowest BCUT2D eigenvalue weighted by Crippen LogP contribution is -2.21. The molecule has 0 unspecified atom stereocenters. The first-order chi connectivity index (χ1) is 9.24. The zero-order chi connectivity index (χ0) is 13.0. The molecule has 0 N–H and O–H groups in total. The van der Waals surface area contributed by atoms with Gasteiger partial charge in [0, 0.05) is 15.4 Å². The highest BCUT2D eigenvalue weighted by atomic mass is 79.9. The molecule has 0 amide bonds. The number of anilines is 1. The van der Waals surface area contributed by atoms with Gasteiger partial charge in [0.25, 0.3) is 0 Å². The van der Waals surface area contributed by atoms with Crippen LogP contribution in [-0.4, -0.2) is 4.57 Å². The zero-order valence-electron chi connectivity index (χ0n) is 10.0. The molecule has 0 atom stereocenters. The summed E-state index contributed by atoms with van der Waals surface area (Å²) in [7, 11) is 0. The molecule has 0 radical (unpaired) electrons. The third kappa shape index (κ3) is 1.63. The molecule has 94 valence electrons. The number of fused-ring (bicyclic) bond motifs is 5. The second-order valence-electron chi connectivity index (χ2n) is 4.72. The van der Waals surface area contributed by atoms with Gasteiger partial charge in [-0.1, -0.05) is 46.9 Å². The van der Waals surface area contributed by atoms with Crippen molar-refractivity contribution >= 4 is 45.3 Å². The van der Waals surface area contributed by atoms with Crippen LogP contribution in [0.5, 0.6) is 0 Å². The summed E-state index contributed by atoms with van der Waals surface area (Å²) < 4.78 is 5.38. The SMILES string of the molecule is SN1Cn2c(cc3ccccc32)-c2cc(Br)ccc21. The van der Waals surface area contributed by atoms with Gasteiger partial charge in [-0.2, -0.15) is 0 Å². The van der Waals surface area contributed by atoms with Gasteiger partial charge in [0.2, 0.25) is 0 Å². The van der Waals surface area contributed by atoms with E-state index in [4.69, 9.17) is 0 Å². The van der Waals surface area contributed by atoms with Crippen LogP contribution in [-0.2, 0) is 6.67 Å². The number of rotatable bonds is 0. The Kier molecular flexibility index (Phi) is 2.44. The smallest absolute Gasteiger partial charge is 0.106 e. The van der Waals surface area contributed by atoms with Crippen LogP contribution in [0.2, 0.25) is 0 Å². The summed E-state index contributed by atoms with van der Waals surface area (Å²) in [6.45, 7) is 0.764. The van der Waals surface area contributed by atoms with Crippen molar-refractivity contribution in [2.45, 2.75) is 6.67 Å². The van der Waals surface area contributed by atoms with Crippen LogP contribution >= 0.6 is 28.7 Å². The van der Waals surface area contributed by atoms with E-state index in [9.17, 15) is 0 Å². The third-order valence-corrected chi connectivity index (χ3v) is 4.43. The fraction of sp³-hybridized carbons (Fsp3) is 0.0667. The van der Waals surface area contributed by atoms with Gasteiger partial charge >= 0.3 is 0 Å². The Morgan fingerprint density at radius 3 is 2.79 bits per heavy atom. The van der Waals surface area contributed by atoms with Crippen molar-refractivity contribution in [1.29, 1.82) is 0 Å². The van der Waals surface area contributed by atoms with Crippen molar-refractivity contribution in [1.82, 2.24) is 4.57 Å². The van der Waals surface area contributed by atoms with E-state index in [-0.39, 0.29) is 0 Å². The number of hydrogen-bond acceptors (Lipinski definition) is 2. The lowest BCUT2D eigenvalue weighted by atomic mass is 10.1. The molecule has 0 spiro atoms. The lowest BCUT2D eigenvalue weighted by Gasteiger charge is -2.28. The summed E-state index contributed by atoms with van der Waals surface area (Å²) >= 11 is 8.15. The van der Waals surface area contributed by atoms with Crippen molar-refractivity contribution in [2.75, 3.05) is 4.31 Å². The molecular weight excluding hydrogens is 320 g/mol. The minimum absolute atomic E-state index is 0.764. The van der Waals surface area contributed by atoms with E-state index < -0.39 is 0 Å². The topological polar surface area (TPSA) is 8.17 Å². The van der Waals surface area contributed by atoms with Crippen LogP contribution in [0.4, 0.5) is 5.69 Å². The molecule has 4 heteroatoms. The number of halogens is 1. The predicted octanol–water partition coefficient (Wildman–Crippen LogP) is 4.69. The minimum Gasteiger partial charge on any atom is -0.321 e. The summed E-state index contributed by atoms with van der Waals surface area (Å²) in [5, 5.41) is 1.27. The number of thiol groups is 1. The fourth-order valence-corrected chi connectivity index (χ4v) is 3.40. The number of para-hydroxylation sites is 1. The Bertz CT molecular complexity index is 794. The maximum atomic E-state index is 4.60. The van der Waals surface area contributed by atoms with Crippen LogP contribution < -0.4 is 4.31 Å². The van der Waals surface area contributed by atoms with E-state index in [1.165, 1.54) is 22.2 Å². The van der Waals surface area contributed by atoms with Crippen LogP contribution in [0.1, 0.15) is 0 Å². The van der Waals surface area contributed by atoms with Crippen molar-refractivity contribution < 1.29 is 0 Å². The Labute approximate surface area is 125 Å². The normalized spacial score (nSPS) is 13.5. The lowest BCUT2D eigenvalue weighted by molar-refractivity contribution is 0.762. The largest absolute Gasteiger partial charge is 0.321 e. The summed E-state index contributed by atoms with van der Waals surface area (Å²) in [6.07, 6.45) is 0. The summed E-state index contributed by atoms with van der Waals surface area (Å²) in [5.74, 6) is 0. The summed E-state index contributed by atoms with van der Waals surface area (Å²) in [5.41, 5.74) is 4.87. The molecule has 0 saturated heterocycles. The quantitative estimate of drug-likeness (QED) is 0.587. The second kappa shape index (κ2) is 4.05. The van der Waals surface area contributed by atoms with E-state index in [1.807, 2.05) is 4.31 Å². The Morgan fingerprint density at radius 1 is 1.05 bits per heavy atom.